The van der Waals surface area contributed by atoms with Crippen molar-refractivity contribution in [3.8, 4) is 11.3 Å². The Hall–Kier alpha value is -2.25. The number of hydrogen-bond donors (Lipinski definition) is 2. The quantitative estimate of drug-likeness (QED) is 0.779. The average Bonchev–Trinajstić information content (AvgIpc) is 3.10. The van der Waals surface area contributed by atoms with Gasteiger partial charge in [0.25, 0.3) is 5.91 Å². The largest absolute Gasteiger partial charge is 0.320 e. The molecule has 20 heavy (non-hydrogen) atoms. The second-order valence-corrected chi connectivity index (χ2v) is 5.43. The third kappa shape index (κ3) is 2.68. The highest BCUT2D eigenvalue weighted by atomic mass is 35.5. The first-order chi connectivity index (χ1) is 9.72. The second-order valence-electron chi connectivity index (χ2n) is 3.87. The van der Waals surface area contributed by atoms with Crippen molar-refractivity contribution in [1.82, 2.24) is 20.4 Å². The summed E-state index contributed by atoms with van der Waals surface area (Å²) in [6.45, 7) is 0. The molecule has 3 rings (SSSR count). The highest BCUT2D eigenvalue weighted by Crippen LogP contribution is 2.21. The molecule has 0 aliphatic rings. The van der Waals surface area contributed by atoms with Crippen LogP contribution in [0.1, 0.15) is 9.80 Å². The van der Waals surface area contributed by atoms with Crippen molar-refractivity contribution in [3.05, 3.63) is 46.0 Å². The van der Waals surface area contributed by atoms with E-state index in [1.54, 1.807) is 12.3 Å². The van der Waals surface area contributed by atoms with Gasteiger partial charge in [0.2, 0.25) is 9.47 Å². The molecule has 0 unspecified atom stereocenters. The third-order valence-corrected chi connectivity index (χ3v) is 3.54. The van der Waals surface area contributed by atoms with Crippen molar-refractivity contribution in [1.29, 1.82) is 0 Å². The van der Waals surface area contributed by atoms with E-state index >= 15 is 0 Å². The Morgan fingerprint density at radius 2 is 2.20 bits per heavy atom. The summed E-state index contributed by atoms with van der Waals surface area (Å²) in [4.78, 5) is 11.9. The number of nitrogens with one attached hydrogen (secondary N) is 2. The number of nitrogens with zero attached hydrogens (tertiary/aromatic N) is 3. The summed E-state index contributed by atoms with van der Waals surface area (Å²) in [6, 6.07) is 9.25. The van der Waals surface area contributed by atoms with E-state index in [1.807, 2.05) is 24.3 Å². The van der Waals surface area contributed by atoms with E-state index in [4.69, 9.17) is 11.6 Å². The van der Waals surface area contributed by atoms with Gasteiger partial charge in [-0.1, -0.05) is 23.5 Å². The maximum Gasteiger partial charge on any atom is 0.286 e. The summed E-state index contributed by atoms with van der Waals surface area (Å²) in [6.07, 6.45) is 1.67. The molecule has 100 valence electrons. The number of carbonyl (C=O) groups excluding carboxylic acids is 1. The lowest BCUT2D eigenvalue weighted by Crippen LogP contribution is -2.11. The zero-order valence-corrected chi connectivity index (χ0v) is 11.6. The number of hydrogen-bond acceptors (Lipinski definition) is 5. The Labute approximate surface area is 122 Å². The van der Waals surface area contributed by atoms with Gasteiger partial charge in [0.1, 0.15) is 0 Å². The third-order valence-electron chi connectivity index (χ3n) is 2.53. The molecule has 0 spiro atoms. The number of halogens is 1. The fourth-order valence-corrected chi connectivity index (χ4v) is 2.39. The molecule has 2 N–H and O–H groups in total. The minimum Gasteiger partial charge on any atom is -0.320 e. The SMILES string of the molecule is O=C(Nc1cccc(-c2ccn[nH]2)c1)c1nnc(Cl)s1. The zero-order chi connectivity index (χ0) is 13.9. The van der Waals surface area contributed by atoms with Crippen molar-refractivity contribution < 1.29 is 4.79 Å². The number of aromatic amines is 1. The van der Waals surface area contributed by atoms with Crippen molar-refractivity contribution in [3.63, 3.8) is 0 Å². The summed E-state index contributed by atoms with van der Waals surface area (Å²) in [5, 5.41) is 17.0. The van der Waals surface area contributed by atoms with Crippen molar-refractivity contribution in [2.75, 3.05) is 5.32 Å². The number of amides is 1. The first kappa shape index (κ1) is 12.8. The molecule has 1 aromatic carbocycles. The molecule has 1 amide bonds. The molecule has 2 heterocycles. The van der Waals surface area contributed by atoms with E-state index in [2.05, 4.69) is 25.7 Å². The van der Waals surface area contributed by atoms with Gasteiger partial charge in [0.05, 0.1) is 5.69 Å². The Morgan fingerprint density at radius 1 is 1.30 bits per heavy atom. The van der Waals surface area contributed by atoms with E-state index in [0.717, 1.165) is 22.6 Å². The number of anilines is 1. The van der Waals surface area contributed by atoms with Gasteiger partial charge in [0, 0.05) is 17.4 Å². The zero-order valence-electron chi connectivity index (χ0n) is 10.0. The van der Waals surface area contributed by atoms with Crippen LogP contribution in [0.5, 0.6) is 0 Å². The molecule has 0 bridgehead atoms. The molecule has 2 aromatic heterocycles. The van der Waals surface area contributed by atoms with Gasteiger partial charge in [-0.2, -0.15) is 5.10 Å². The number of benzene rings is 1. The van der Waals surface area contributed by atoms with E-state index < -0.39 is 0 Å². The van der Waals surface area contributed by atoms with E-state index in [9.17, 15) is 4.79 Å². The lowest BCUT2D eigenvalue weighted by Gasteiger charge is -2.04. The van der Waals surface area contributed by atoms with E-state index in [0.29, 0.717) is 5.69 Å². The topological polar surface area (TPSA) is 83.6 Å². The van der Waals surface area contributed by atoms with E-state index in [1.165, 1.54) is 0 Å². The summed E-state index contributed by atoms with van der Waals surface area (Å²) in [7, 11) is 0. The van der Waals surface area contributed by atoms with Crippen LogP contribution in [0.15, 0.2) is 36.5 Å². The maximum atomic E-state index is 11.9. The molecule has 0 saturated heterocycles. The first-order valence-corrected chi connectivity index (χ1v) is 6.82. The summed E-state index contributed by atoms with van der Waals surface area (Å²) in [5.74, 6) is -0.337. The van der Waals surface area contributed by atoms with Crippen LogP contribution in [0, 0.1) is 0 Å². The Morgan fingerprint density at radius 3 is 2.90 bits per heavy atom. The number of carbonyl (C=O) groups is 1. The normalized spacial score (nSPS) is 10.4. The molecule has 0 aliphatic carbocycles. The van der Waals surface area contributed by atoms with Crippen LogP contribution < -0.4 is 5.32 Å². The van der Waals surface area contributed by atoms with E-state index in [-0.39, 0.29) is 15.4 Å². The molecule has 0 radical (unpaired) electrons. The standard InChI is InChI=1S/C12H8ClN5OS/c13-12-18-17-11(20-12)10(19)15-8-3-1-2-7(6-8)9-4-5-14-16-9/h1-6H,(H,14,16)(H,15,19). The van der Waals surface area contributed by atoms with Crippen molar-refractivity contribution in [2.24, 2.45) is 0 Å². The number of H-pyrrole nitrogens is 1. The fourth-order valence-electron chi connectivity index (χ4n) is 1.66. The van der Waals surface area contributed by atoms with Gasteiger partial charge in [-0.15, -0.1) is 10.2 Å². The lowest BCUT2D eigenvalue weighted by molar-refractivity contribution is 0.102. The van der Waals surface area contributed by atoms with Crippen LogP contribution in [0.3, 0.4) is 0 Å². The molecule has 0 saturated carbocycles. The first-order valence-electron chi connectivity index (χ1n) is 5.62. The Balaban J connectivity index is 1.81. The van der Waals surface area contributed by atoms with Crippen LogP contribution >= 0.6 is 22.9 Å². The average molecular weight is 306 g/mol. The van der Waals surface area contributed by atoms with Crippen LogP contribution in [-0.4, -0.2) is 26.3 Å². The van der Waals surface area contributed by atoms with Gasteiger partial charge in [-0.3, -0.25) is 9.89 Å². The van der Waals surface area contributed by atoms with Crippen LogP contribution in [0.2, 0.25) is 4.47 Å². The summed E-state index contributed by atoms with van der Waals surface area (Å²) in [5.41, 5.74) is 2.46. The summed E-state index contributed by atoms with van der Waals surface area (Å²) >= 11 is 6.69. The molecule has 0 fully saturated rings. The smallest absolute Gasteiger partial charge is 0.286 e. The molecular formula is C12H8ClN5OS. The Bertz CT molecular complexity index is 740. The van der Waals surface area contributed by atoms with Crippen molar-refractivity contribution >= 4 is 34.5 Å². The lowest BCUT2D eigenvalue weighted by atomic mass is 10.1. The highest BCUT2D eigenvalue weighted by Gasteiger charge is 2.12. The van der Waals surface area contributed by atoms with Gasteiger partial charge >= 0.3 is 0 Å². The predicted octanol–water partition coefficient (Wildman–Crippen LogP) is 2.83. The number of rotatable bonds is 3. The minimum atomic E-state index is -0.337. The highest BCUT2D eigenvalue weighted by molar-refractivity contribution is 7.17. The van der Waals surface area contributed by atoms with Gasteiger partial charge in [-0.05, 0) is 29.8 Å². The summed E-state index contributed by atoms with van der Waals surface area (Å²) < 4.78 is 0.237. The van der Waals surface area contributed by atoms with Crippen LogP contribution in [0.4, 0.5) is 5.69 Å². The van der Waals surface area contributed by atoms with Gasteiger partial charge in [0.15, 0.2) is 0 Å². The molecule has 3 aromatic rings. The Kier molecular flexibility index (Phi) is 3.44. The monoisotopic (exact) mass is 305 g/mol. The van der Waals surface area contributed by atoms with Crippen LogP contribution in [-0.2, 0) is 0 Å². The molecule has 6 nitrogen and oxygen atoms in total. The van der Waals surface area contributed by atoms with Gasteiger partial charge in [-0.25, -0.2) is 0 Å². The predicted molar refractivity (Wildman–Crippen MR) is 76.9 cm³/mol. The number of aromatic nitrogens is 4. The van der Waals surface area contributed by atoms with Crippen molar-refractivity contribution in [2.45, 2.75) is 0 Å². The molecule has 0 atom stereocenters. The molecular weight excluding hydrogens is 298 g/mol. The molecule has 8 heteroatoms. The molecule has 0 aliphatic heterocycles. The second kappa shape index (κ2) is 5.40. The fraction of sp³-hybridized carbons (Fsp3) is 0. The maximum absolute atomic E-state index is 11.9. The van der Waals surface area contributed by atoms with Crippen LogP contribution in [0.25, 0.3) is 11.3 Å². The minimum absolute atomic E-state index is 0.224. The van der Waals surface area contributed by atoms with Gasteiger partial charge < -0.3 is 5.32 Å².